The fraction of sp³-hybridized carbons (Fsp3) is 0.0667. The molecule has 0 unspecified atom stereocenters. The molecule has 0 fully saturated rings. The molecule has 0 atom stereocenters. The number of para-hydroxylation sites is 5. The molecule has 3 aliphatic heterocycles. The number of benzene rings is 9. The van der Waals surface area contributed by atoms with Crippen molar-refractivity contribution >= 4 is 148 Å². The van der Waals surface area contributed by atoms with Gasteiger partial charge in [0.2, 0.25) is 0 Å². The fourth-order valence-corrected chi connectivity index (χ4v) is 14.2. The van der Waals surface area contributed by atoms with Gasteiger partial charge >= 0.3 is 0 Å². The number of aromatic nitrogens is 1. The van der Waals surface area contributed by atoms with Crippen LogP contribution in [0.3, 0.4) is 0 Å². The zero-order valence-corrected chi connectivity index (χ0v) is 38.8. The van der Waals surface area contributed by atoms with E-state index in [9.17, 15) is 0 Å². The maximum atomic E-state index is 2.69. The number of anilines is 9. The van der Waals surface area contributed by atoms with Crippen molar-refractivity contribution in [2.24, 2.45) is 0 Å². The van der Waals surface area contributed by atoms with Crippen molar-refractivity contribution in [3.63, 3.8) is 0 Å². The Morgan fingerprint density at radius 2 is 1.06 bits per heavy atom. The minimum atomic E-state index is -0.0295. The summed E-state index contributed by atoms with van der Waals surface area (Å²) in [6, 6.07) is 72.9. The Kier molecular flexibility index (Phi) is 7.59. The van der Waals surface area contributed by atoms with Crippen LogP contribution in [0.1, 0.15) is 26.3 Å². The highest BCUT2D eigenvalue weighted by Gasteiger charge is 2.48. The summed E-state index contributed by atoms with van der Waals surface area (Å²) in [6.45, 7) is 6.99. The van der Waals surface area contributed by atoms with E-state index in [1.54, 1.807) is 0 Å². The Hall–Kier alpha value is -7.58. The van der Waals surface area contributed by atoms with E-state index in [4.69, 9.17) is 0 Å². The van der Waals surface area contributed by atoms with Gasteiger partial charge in [0.15, 0.2) is 0 Å². The first kappa shape index (κ1) is 37.6. The summed E-state index contributed by atoms with van der Waals surface area (Å²) in [5.74, 6) is 0. The van der Waals surface area contributed by atoms with Gasteiger partial charge < -0.3 is 19.3 Å². The maximum absolute atomic E-state index is 2.69. The lowest BCUT2D eigenvalue weighted by Gasteiger charge is -2.46. The zero-order valence-electron chi connectivity index (χ0n) is 37.2. The Morgan fingerprint density at radius 3 is 1.84 bits per heavy atom. The molecular formula is C60H41BN4S2. The summed E-state index contributed by atoms with van der Waals surface area (Å²) in [5.41, 5.74) is 18.4. The molecule has 0 bridgehead atoms. The van der Waals surface area contributed by atoms with Gasteiger partial charge in [0.25, 0.3) is 6.71 Å². The number of fused-ring (bicyclic) bond motifs is 14. The topological polar surface area (TPSA) is 14.7 Å². The molecule has 9 aromatic carbocycles. The van der Waals surface area contributed by atoms with Gasteiger partial charge in [0, 0.05) is 68.6 Å². The molecule has 7 heteroatoms. The van der Waals surface area contributed by atoms with Crippen LogP contribution in [0.15, 0.2) is 194 Å². The summed E-state index contributed by atoms with van der Waals surface area (Å²) in [6.07, 6.45) is 0. The third-order valence-corrected chi connectivity index (χ3v) is 16.9. The Balaban J connectivity index is 1.14. The molecule has 0 aliphatic carbocycles. The molecule has 0 N–H and O–H groups in total. The number of nitrogens with zero attached hydrogens (tertiary/aromatic N) is 4. The monoisotopic (exact) mass is 892 g/mol. The minimum absolute atomic E-state index is 0.0186. The molecule has 0 radical (unpaired) electrons. The Morgan fingerprint density at radius 1 is 0.448 bits per heavy atom. The second-order valence-corrected chi connectivity index (χ2v) is 21.4. The average Bonchev–Trinajstić information content (AvgIpc) is 4.04. The average molecular weight is 893 g/mol. The van der Waals surface area contributed by atoms with Crippen LogP contribution < -0.4 is 30.4 Å². The molecular weight excluding hydrogens is 852 g/mol. The number of hydrogen-bond donors (Lipinski definition) is 0. The molecule has 3 aromatic heterocycles. The molecule has 67 heavy (non-hydrogen) atoms. The highest BCUT2D eigenvalue weighted by atomic mass is 32.1. The lowest BCUT2D eigenvalue weighted by molar-refractivity contribution is 0.591. The van der Waals surface area contributed by atoms with E-state index in [1.165, 1.54) is 113 Å². The van der Waals surface area contributed by atoms with E-state index in [2.05, 4.69) is 234 Å². The lowest BCUT2D eigenvalue weighted by atomic mass is 9.36. The number of thiophene rings is 2. The van der Waals surface area contributed by atoms with E-state index >= 15 is 0 Å². The molecule has 15 rings (SSSR count). The van der Waals surface area contributed by atoms with Crippen LogP contribution in [0.2, 0.25) is 0 Å². The SMILES string of the molecule is CC(C)(C)c1ccc2sc3c(c2c1)N(c1cccc2sc4ccccc4c12)c1cc(N(c2ccccc2)c2ccccc2)cc2c1B3c1cccc3c1N2c1cccc2c4ccccc4n-3c12. The molecule has 3 aliphatic rings. The summed E-state index contributed by atoms with van der Waals surface area (Å²) < 4.78 is 7.84. The summed E-state index contributed by atoms with van der Waals surface area (Å²) in [5, 5.41) is 6.44. The predicted octanol–water partition coefficient (Wildman–Crippen LogP) is 15.5. The zero-order chi connectivity index (χ0) is 44.3. The van der Waals surface area contributed by atoms with Crippen LogP contribution in [0.5, 0.6) is 0 Å². The first-order valence-corrected chi connectivity index (χ1v) is 24.8. The van der Waals surface area contributed by atoms with Gasteiger partial charge in [0.05, 0.1) is 45.2 Å². The molecule has 0 saturated heterocycles. The van der Waals surface area contributed by atoms with Crippen molar-refractivity contribution < 1.29 is 0 Å². The minimum Gasteiger partial charge on any atom is -0.310 e. The molecule has 12 aromatic rings. The standard InChI is InChI=1S/C60H41BN4S2/c1-60(2,3)36-31-32-52-43(33-36)57-59(67-52)61-44-24-15-28-48-58(44)65(47-27-14-23-41-40-21-10-12-25-45(40)63(48)56(41)47)50-35-39(62(37-17-6-4-7-18-37)38-19-8-5-9-20-38)34-49(55(50)61)64(57)46-26-16-30-53-54(46)42-22-11-13-29-51(42)66-53/h4-35H,1-3H3. The molecule has 0 amide bonds. The first-order valence-electron chi connectivity index (χ1n) is 23.2. The molecule has 6 heterocycles. The van der Waals surface area contributed by atoms with Crippen molar-refractivity contribution in [3.05, 3.63) is 200 Å². The molecule has 4 nitrogen and oxygen atoms in total. The summed E-state index contributed by atoms with van der Waals surface area (Å²) in [7, 11) is 0. The van der Waals surface area contributed by atoms with Crippen molar-refractivity contribution in [1.82, 2.24) is 4.57 Å². The largest absolute Gasteiger partial charge is 0.310 e. The molecule has 316 valence electrons. The van der Waals surface area contributed by atoms with Crippen molar-refractivity contribution in [1.29, 1.82) is 0 Å². The summed E-state index contributed by atoms with van der Waals surface area (Å²) >= 11 is 3.87. The first-order chi connectivity index (χ1) is 32.9. The van der Waals surface area contributed by atoms with Gasteiger partial charge in [-0.1, -0.05) is 130 Å². The van der Waals surface area contributed by atoms with Crippen LogP contribution in [-0.4, -0.2) is 11.3 Å². The second-order valence-electron chi connectivity index (χ2n) is 19.3. The van der Waals surface area contributed by atoms with E-state index < -0.39 is 0 Å². The van der Waals surface area contributed by atoms with E-state index in [0.717, 1.165) is 17.1 Å². The molecule has 0 spiro atoms. The Bertz CT molecular complexity index is 4030. The smallest absolute Gasteiger partial charge is 0.264 e. The van der Waals surface area contributed by atoms with E-state index in [-0.39, 0.29) is 12.1 Å². The van der Waals surface area contributed by atoms with Gasteiger partial charge in [-0.15, -0.1) is 22.7 Å². The normalized spacial score (nSPS) is 13.5. The number of hydrogen-bond acceptors (Lipinski definition) is 5. The third kappa shape index (κ3) is 5.08. The van der Waals surface area contributed by atoms with Crippen LogP contribution in [0.25, 0.3) is 57.8 Å². The van der Waals surface area contributed by atoms with Crippen molar-refractivity contribution in [2.75, 3.05) is 14.7 Å². The van der Waals surface area contributed by atoms with E-state index in [1.807, 2.05) is 22.7 Å². The number of rotatable bonds is 4. The predicted molar refractivity (Wildman–Crippen MR) is 290 cm³/mol. The van der Waals surface area contributed by atoms with Gasteiger partial charge in [-0.05, 0) is 107 Å². The van der Waals surface area contributed by atoms with Crippen LogP contribution >= 0.6 is 22.7 Å². The maximum Gasteiger partial charge on any atom is 0.264 e. The van der Waals surface area contributed by atoms with Gasteiger partial charge in [0.1, 0.15) is 0 Å². The van der Waals surface area contributed by atoms with Crippen molar-refractivity contribution in [3.8, 4) is 5.69 Å². The van der Waals surface area contributed by atoms with Gasteiger partial charge in [-0.3, -0.25) is 0 Å². The van der Waals surface area contributed by atoms with E-state index in [0.29, 0.717) is 0 Å². The van der Waals surface area contributed by atoms with Crippen LogP contribution in [0.4, 0.5) is 51.2 Å². The molecule has 0 saturated carbocycles. The van der Waals surface area contributed by atoms with Gasteiger partial charge in [-0.25, -0.2) is 0 Å². The van der Waals surface area contributed by atoms with Crippen molar-refractivity contribution in [2.45, 2.75) is 26.2 Å². The fourth-order valence-electron chi connectivity index (χ4n) is 11.7. The quantitative estimate of drug-likeness (QED) is 0.164. The van der Waals surface area contributed by atoms with Crippen LogP contribution in [-0.2, 0) is 5.41 Å². The van der Waals surface area contributed by atoms with Crippen LogP contribution in [0, 0.1) is 0 Å². The summed E-state index contributed by atoms with van der Waals surface area (Å²) in [4.78, 5) is 7.77. The second kappa shape index (κ2) is 13.5. The highest BCUT2D eigenvalue weighted by Crippen LogP contribution is 2.56. The third-order valence-electron chi connectivity index (χ3n) is 14.6. The van der Waals surface area contributed by atoms with Gasteiger partial charge in [-0.2, -0.15) is 0 Å². The Labute approximate surface area is 396 Å². The highest BCUT2D eigenvalue weighted by molar-refractivity contribution is 7.33. The lowest BCUT2D eigenvalue weighted by Crippen LogP contribution is -2.61.